The number of nitrogens with zero attached hydrogens (tertiary/aromatic N) is 3. The van der Waals surface area contributed by atoms with Crippen LogP contribution in [-0.4, -0.2) is 51.8 Å². The fourth-order valence-corrected chi connectivity index (χ4v) is 3.44. The van der Waals surface area contributed by atoms with Crippen molar-refractivity contribution in [3.63, 3.8) is 0 Å². The number of likely N-dealkylation sites (tertiary alicyclic amines) is 1. The molecule has 0 amide bonds. The van der Waals surface area contributed by atoms with E-state index in [4.69, 9.17) is 0 Å². The Morgan fingerprint density at radius 1 is 1.38 bits per heavy atom. The zero-order valence-electron chi connectivity index (χ0n) is 13.0. The Hall–Kier alpha value is -1.04. The van der Waals surface area contributed by atoms with Gasteiger partial charge in [0.25, 0.3) is 0 Å². The van der Waals surface area contributed by atoms with Gasteiger partial charge in [-0.15, -0.1) is 0 Å². The van der Waals surface area contributed by atoms with Gasteiger partial charge in [-0.1, -0.05) is 13.8 Å². The summed E-state index contributed by atoms with van der Waals surface area (Å²) in [7, 11) is 0. The molecule has 1 aromatic rings. The van der Waals surface area contributed by atoms with Crippen LogP contribution in [0.4, 0.5) is 0 Å². The van der Waals surface area contributed by atoms with Gasteiger partial charge in [-0.2, -0.15) is 0 Å². The minimum atomic E-state index is -0.445. The van der Waals surface area contributed by atoms with Crippen molar-refractivity contribution in [2.24, 2.45) is 5.92 Å². The first-order valence-electron chi connectivity index (χ1n) is 8.03. The maximum absolute atomic E-state index is 10.7. The van der Waals surface area contributed by atoms with Crippen molar-refractivity contribution in [1.29, 1.82) is 0 Å². The van der Waals surface area contributed by atoms with Crippen LogP contribution in [0.25, 0.3) is 0 Å². The quantitative estimate of drug-likeness (QED) is 0.874. The average molecular weight is 290 g/mol. The maximum Gasteiger partial charge on any atom is 0.130 e. The molecule has 1 aromatic heterocycles. The van der Waals surface area contributed by atoms with E-state index in [1.807, 2.05) is 12.4 Å². The molecule has 0 saturated carbocycles. The number of aliphatic hydroxyl groups is 1. The Morgan fingerprint density at radius 2 is 2.14 bits per heavy atom. The molecule has 0 bridgehead atoms. The number of aromatic nitrogens is 2. The van der Waals surface area contributed by atoms with E-state index in [0.29, 0.717) is 11.8 Å². The average Bonchev–Trinajstić information content (AvgIpc) is 2.48. The second-order valence-electron chi connectivity index (χ2n) is 6.84. The highest BCUT2D eigenvalue weighted by Gasteiger charge is 2.42. The second-order valence-corrected chi connectivity index (χ2v) is 6.84. The van der Waals surface area contributed by atoms with E-state index in [-0.39, 0.29) is 0 Å². The Labute approximate surface area is 126 Å². The van der Waals surface area contributed by atoms with Crippen LogP contribution >= 0.6 is 0 Å². The lowest BCUT2D eigenvalue weighted by atomic mass is 9.76. The van der Waals surface area contributed by atoms with Gasteiger partial charge < -0.3 is 10.4 Å². The van der Waals surface area contributed by atoms with Gasteiger partial charge in [-0.25, -0.2) is 9.97 Å². The van der Waals surface area contributed by atoms with Gasteiger partial charge in [0.1, 0.15) is 5.82 Å². The third-order valence-electron chi connectivity index (χ3n) is 4.87. The van der Waals surface area contributed by atoms with Gasteiger partial charge in [-0.05, 0) is 19.4 Å². The van der Waals surface area contributed by atoms with Gasteiger partial charge >= 0.3 is 0 Å². The third kappa shape index (κ3) is 3.25. The van der Waals surface area contributed by atoms with Crippen LogP contribution in [0.2, 0.25) is 0 Å². The molecule has 0 spiro atoms. The maximum atomic E-state index is 10.7. The number of hydrogen-bond acceptors (Lipinski definition) is 5. The predicted molar refractivity (Wildman–Crippen MR) is 81.9 cm³/mol. The number of fused-ring (bicyclic) bond motifs is 1. The first-order chi connectivity index (χ1) is 10.1. The summed E-state index contributed by atoms with van der Waals surface area (Å²) in [6.07, 6.45) is 5.66. The summed E-state index contributed by atoms with van der Waals surface area (Å²) >= 11 is 0. The van der Waals surface area contributed by atoms with Crippen LogP contribution in [-0.2, 0) is 6.54 Å². The minimum Gasteiger partial charge on any atom is -0.389 e. The normalized spacial score (nSPS) is 30.4. The SMILES string of the molecule is CC(C)c1ncc(CN2CCC3(O)CCNCC3C2)cn1. The molecule has 116 valence electrons. The van der Waals surface area contributed by atoms with E-state index in [0.717, 1.165) is 57.0 Å². The highest BCUT2D eigenvalue weighted by molar-refractivity contribution is 5.08. The largest absolute Gasteiger partial charge is 0.389 e. The molecule has 2 fully saturated rings. The van der Waals surface area contributed by atoms with Gasteiger partial charge in [0.05, 0.1) is 5.60 Å². The van der Waals surface area contributed by atoms with Crippen molar-refractivity contribution in [2.45, 2.75) is 44.8 Å². The van der Waals surface area contributed by atoms with Crippen LogP contribution < -0.4 is 5.32 Å². The molecule has 2 N–H and O–H groups in total. The highest BCUT2D eigenvalue weighted by Crippen LogP contribution is 2.33. The molecule has 2 aliphatic rings. The van der Waals surface area contributed by atoms with Crippen molar-refractivity contribution >= 4 is 0 Å². The van der Waals surface area contributed by atoms with Crippen LogP contribution in [0.5, 0.6) is 0 Å². The first-order valence-corrected chi connectivity index (χ1v) is 8.03. The van der Waals surface area contributed by atoms with Crippen LogP contribution in [0.15, 0.2) is 12.4 Å². The van der Waals surface area contributed by atoms with Crippen molar-refractivity contribution < 1.29 is 5.11 Å². The molecule has 0 aliphatic carbocycles. The van der Waals surface area contributed by atoms with E-state index in [1.165, 1.54) is 0 Å². The molecule has 2 unspecified atom stereocenters. The molecule has 5 heteroatoms. The van der Waals surface area contributed by atoms with E-state index in [1.54, 1.807) is 0 Å². The fourth-order valence-electron chi connectivity index (χ4n) is 3.44. The zero-order valence-corrected chi connectivity index (χ0v) is 13.0. The molecule has 3 rings (SSSR count). The van der Waals surface area contributed by atoms with E-state index in [2.05, 4.69) is 34.0 Å². The molecule has 3 heterocycles. The lowest BCUT2D eigenvalue weighted by Gasteiger charge is -2.47. The summed E-state index contributed by atoms with van der Waals surface area (Å²) in [5, 5.41) is 14.1. The van der Waals surface area contributed by atoms with Crippen LogP contribution in [0.3, 0.4) is 0 Å². The summed E-state index contributed by atoms with van der Waals surface area (Å²) in [5.74, 6) is 1.62. The van der Waals surface area contributed by atoms with Crippen molar-refractivity contribution in [2.75, 3.05) is 26.2 Å². The first kappa shape index (κ1) is 14.9. The standard InChI is InChI=1S/C16H26N4O/c1-12(2)15-18-7-13(8-19-15)10-20-6-4-16(21)3-5-17-9-14(16)11-20/h7-8,12,14,17,21H,3-6,9-11H2,1-2H3. The molecule has 2 saturated heterocycles. The Bertz CT molecular complexity index is 476. The van der Waals surface area contributed by atoms with Crippen molar-refractivity contribution in [3.05, 3.63) is 23.8 Å². The molecule has 21 heavy (non-hydrogen) atoms. The Kier molecular flexibility index (Phi) is 4.24. The Balaban J connectivity index is 1.61. The monoisotopic (exact) mass is 290 g/mol. The summed E-state index contributed by atoms with van der Waals surface area (Å²) in [4.78, 5) is 11.3. The van der Waals surface area contributed by atoms with Gasteiger partial charge in [-0.3, -0.25) is 4.90 Å². The number of piperidine rings is 2. The molecular weight excluding hydrogens is 264 g/mol. The second kappa shape index (κ2) is 5.99. The molecular formula is C16H26N4O. The van der Waals surface area contributed by atoms with Crippen LogP contribution in [0.1, 0.15) is 44.0 Å². The smallest absolute Gasteiger partial charge is 0.130 e. The summed E-state index contributed by atoms with van der Waals surface area (Å²) < 4.78 is 0. The predicted octanol–water partition coefficient (Wildman–Crippen LogP) is 1.15. The number of hydrogen-bond donors (Lipinski definition) is 2. The van der Waals surface area contributed by atoms with Gasteiger partial charge in [0, 0.05) is 56.0 Å². The topological polar surface area (TPSA) is 61.3 Å². The van der Waals surface area contributed by atoms with E-state index < -0.39 is 5.60 Å². The van der Waals surface area contributed by atoms with E-state index >= 15 is 0 Å². The fraction of sp³-hybridized carbons (Fsp3) is 0.750. The lowest BCUT2D eigenvalue weighted by Crippen LogP contribution is -2.58. The molecule has 5 nitrogen and oxygen atoms in total. The van der Waals surface area contributed by atoms with Crippen molar-refractivity contribution in [3.8, 4) is 0 Å². The van der Waals surface area contributed by atoms with Crippen LogP contribution in [0, 0.1) is 5.92 Å². The summed E-state index contributed by atoms with van der Waals surface area (Å²) in [5.41, 5.74) is 0.716. The lowest BCUT2D eigenvalue weighted by molar-refractivity contribution is -0.0899. The van der Waals surface area contributed by atoms with E-state index in [9.17, 15) is 5.11 Å². The molecule has 2 aliphatic heterocycles. The minimum absolute atomic E-state index is 0.343. The number of nitrogens with one attached hydrogen (secondary N) is 1. The molecule has 0 radical (unpaired) electrons. The summed E-state index contributed by atoms with van der Waals surface area (Å²) in [6, 6.07) is 0. The summed E-state index contributed by atoms with van der Waals surface area (Å²) in [6.45, 7) is 8.87. The number of rotatable bonds is 3. The Morgan fingerprint density at radius 3 is 2.86 bits per heavy atom. The van der Waals surface area contributed by atoms with Gasteiger partial charge in [0.2, 0.25) is 0 Å². The zero-order chi connectivity index (χ0) is 14.9. The van der Waals surface area contributed by atoms with Gasteiger partial charge in [0.15, 0.2) is 0 Å². The third-order valence-corrected chi connectivity index (χ3v) is 4.87. The highest BCUT2D eigenvalue weighted by atomic mass is 16.3. The molecule has 2 atom stereocenters. The molecule has 0 aromatic carbocycles. The van der Waals surface area contributed by atoms with Crippen molar-refractivity contribution in [1.82, 2.24) is 20.2 Å².